The lowest BCUT2D eigenvalue weighted by Gasteiger charge is -2.00. The summed E-state index contributed by atoms with van der Waals surface area (Å²) in [6.07, 6.45) is 1.99. The minimum Gasteiger partial charge on any atom is -0.294 e. The molecule has 1 aromatic rings. The second-order valence-corrected chi connectivity index (χ2v) is 3.60. The summed E-state index contributed by atoms with van der Waals surface area (Å²) >= 11 is 5.09. The molecule has 0 spiro atoms. The van der Waals surface area contributed by atoms with Crippen LogP contribution in [-0.2, 0) is 0 Å². The zero-order valence-corrected chi connectivity index (χ0v) is 10.1. The van der Waals surface area contributed by atoms with Crippen LogP contribution in [-0.4, -0.2) is 11.4 Å². The number of halogens is 2. The van der Waals surface area contributed by atoms with Crippen LogP contribution in [0.5, 0.6) is 0 Å². The van der Waals surface area contributed by atoms with Crippen molar-refractivity contribution in [2.75, 3.05) is 0 Å². The molecular formula is C13H16ClFO. The molecule has 3 heteroatoms. The quantitative estimate of drug-likeness (QED) is 0.435. The summed E-state index contributed by atoms with van der Waals surface area (Å²) in [5, 5.41) is 0. The van der Waals surface area contributed by atoms with E-state index in [4.69, 9.17) is 11.6 Å². The van der Waals surface area contributed by atoms with Crippen LogP contribution in [0.1, 0.15) is 30.1 Å². The van der Waals surface area contributed by atoms with Crippen LogP contribution in [0.4, 0.5) is 4.39 Å². The van der Waals surface area contributed by atoms with Gasteiger partial charge < -0.3 is 0 Å². The number of hydrogen-bond acceptors (Lipinski definition) is 1. The minimum absolute atomic E-state index is 0.0658. The number of carbonyl (C=O) groups is 1. The fourth-order valence-electron chi connectivity index (χ4n) is 1.01. The summed E-state index contributed by atoms with van der Waals surface area (Å²) in [7, 11) is 0. The Kier molecular flexibility index (Phi) is 8.45. The number of hydrogen-bond donors (Lipinski definition) is 0. The van der Waals surface area contributed by atoms with Crippen LogP contribution in [0, 0.1) is 0 Å². The maximum Gasteiger partial charge on any atom is 0.173 e. The largest absolute Gasteiger partial charge is 0.294 e. The van der Waals surface area contributed by atoms with Crippen molar-refractivity contribution in [3.63, 3.8) is 0 Å². The van der Waals surface area contributed by atoms with E-state index in [0.717, 1.165) is 0 Å². The molecule has 0 saturated heterocycles. The van der Waals surface area contributed by atoms with Gasteiger partial charge in [0.2, 0.25) is 0 Å². The topological polar surface area (TPSA) is 17.1 Å². The van der Waals surface area contributed by atoms with Crippen molar-refractivity contribution in [3.05, 3.63) is 48.6 Å². The van der Waals surface area contributed by atoms with Crippen LogP contribution < -0.4 is 0 Å². The normalized spacial score (nSPS) is 10.9. The van der Waals surface area contributed by atoms with Crippen LogP contribution in [0.25, 0.3) is 0 Å². The summed E-state index contributed by atoms with van der Waals surface area (Å²) in [5.74, 6) is -0.0658. The third-order valence-corrected chi connectivity index (χ3v) is 1.90. The molecule has 1 nitrogen and oxygen atoms in total. The molecule has 0 aliphatic carbocycles. The number of ketones is 1. The van der Waals surface area contributed by atoms with E-state index >= 15 is 0 Å². The number of rotatable bonds is 4. The van der Waals surface area contributed by atoms with Gasteiger partial charge in [0.1, 0.15) is 0 Å². The van der Waals surface area contributed by atoms with Crippen LogP contribution in [0.3, 0.4) is 0 Å². The van der Waals surface area contributed by atoms with E-state index in [1.165, 1.54) is 0 Å². The van der Waals surface area contributed by atoms with Gasteiger partial charge in [-0.15, -0.1) is 6.58 Å². The Bertz CT molecular complexity index is 309. The summed E-state index contributed by atoms with van der Waals surface area (Å²) in [5.41, 5.74) is -0.813. The molecule has 1 unspecified atom stereocenters. The first-order valence-corrected chi connectivity index (χ1v) is 5.49. The lowest BCUT2D eigenvalue weighted by Crippen LogP contribution is -2.01. The fraction of sp³-hybridized carbons (Fsp3) is 0.308. The summed E-state index contributed by atoms with van der Waals surface area (Å²) < 4.78 is 12.2. The van der Waals surface area contributed by atoms with Crippen molar-refractivity contribution in [1.29, 1.82) is 0 Å². The van der Waals surface area contributed by atoms with E-state index in [1.807, 2.05) is 13.0 Å². The Labute approximate surface area is 101 Å². The monoisotopic (exact) mass is 242 g/mol. The predicted octanol–water partition coefficient (Wildman–Crippen LogP) is 4.38. The third-order valence-electron chi connectivity index (χ3n) is 1.69. The van der Waals surface area contributed by atoms with Gasteiger partial charge in [-0.05, 0) is 13.3 Å². The molecule has 0 heterocycles. The maximum absolute atomic E-state index is 12.2. The molecule has 0 aliphatic heterocycles. The molecule has 0 N–H and O–H groups in total. The van der Waals surface area contributed by atoms with E-state index in [-0.39, 0.29) is 18.6 Å². The Morgan fingerprint density at radius 3 is 2.44 bits per heavy atom. The summed E-state index contributed by atoms with van der Waals surface area (Å²) in [4.78, 5) is 11.3. The first-order chi connectivity index (χ1) is 7.61. The van der Waals surface area contributed by atoms with Crippen LogP contribution in [0.15, 0.2) is 43.0 Å². The van der Waals surface area contributed by atoms with Gasteiger partial charge in [-0.25, -0.2) is 4.39 Å². The van der Waals surface area contributed by atoms with Crippen LogP contribution in [0.2, 0.25) is 0 Å². The molecule has 0 aliphatic rings. The molecule has 1 rings (SSSR count). The van der Waals surface area contributed by atoms with Crippen molar-refractivity contribution < 1.29 is 9.18 Å². The van der Waals surface area contributed by atoms with Crippen molar-refractivity contribution in [3.8, 4) is 0 Å². The van der Waals surface area contributed by atoms with E-state index in [0.29, 0.717) is 5.56 Å². The smallest absolute Gasteiger partial charge is 0.173 e. The Morgan fingerprint density at radius 2 is 2.00 bits per heavy atom. The van der Waals surface area contributed by atoms with E-state index in [1.54, 1.807) is 30.3 Å². The van der Waals surface area contributed by atoms with Gasteiger partial charge in [0.25, 0.3) is 0 Å². The van der Waals surface area contributed by atoms with E-state index < -0.39 is 5.63 Å². The second kappa shape index (κ2) is 9.10. The number of carbonyl (C=O) groups excluding carboxylic acids is 1. The molecule has 0 radical (unpaired) electrons. The van der Waals surface area contributed by atoms with Gasteiger partial charge in [-0.3, -0.25) is 4.79 Å². The SMILES string of the molecule is C=CC.O=C(CCC(F)Cl)c1ccccc1. The van der Waals surface area contributed by atoms with Gasteiger partial charge in [0, 0.05) is 12.0 Å². The number of benzene rings is 1. The highest BCUT2D eigenvalue weighted by molar-refractivity contribution is 6.19. The molecule has 88 valence electrons. The second-order valence-electron chi connectivity index (χ2n) is 3.13. The van der Waals surface area contributed by atoms with Crippen molar-refractivity contribution in [1.82, 2.24) is 0 Å². The predicted molar refractivity (Wildman–Crippen MR) is 66.6 cm³/mol. The average molecular weight is 243 g/mol. The maximum atomic E-state index is 12.2. The molecule has 0 amide bonds. The molecule has 0 fully saturated rings. The summed E-state index contributed by atoms with van der Waals surface area (Å²) in [6.45, 7) is 5.25. The Morgan fingerprint density at radius 1 is 1.50 bits per heavy atom. The molecule has 0 saturated carbocycles. The molecular weight excluding hydrogens is 227 g/mol. The standard InChI is InChI=1S/C10H10ClFO.C3H6/c11-10(12)7-6-9(13)8-4-2-1-3-5-8;1-3-2/h1-5,10H,6-7H2;3H,1H2,2H3. The highest BCUT2D eigenvalue weighted by Crippen LogP contribution is 2.10. The number of Topliss-reactive ketones (excluding diaryl/α,β-unsaturated/α-hetero) is 1. The highest BCUT2D eigenvalue weighted by Gasteiger charge is 2.08. The zero-order chi connectivity index (χ0) is 12.4. The van der Waals surface area contributed by atoms with Crippen molar-refractivity contribution >= 4 is 17.4 Å². The van der Waals surface area contributed by atoms with Crippen molar-refractivity contribution in [2.24, 2.45) is 0 Å². The van der Waals surface area contributed by atoms with Gasteiger partial charge in [0.05, 0.1) is 0 Å². The fourth-order valence-corrected chi connectivity index (χ4v) is 1.12. The van der Waals surface area contributed by atoms with E-state index in [2.05, 4.69) is 6.58 Å². The summed E-state index contributed by atoms with van der Waals surface area (Å²) in [6, 6.07) is 8.81. The lowest BCUT2D eigenvalue weighted by atomic mass is 10.1. The zero-order valence-electron chi connectivity index (χ0n) is 9.33. The van der Waals surface area contributed by atoms with Crippen molar-refractivity contribution in [2.45, 2.75) is 25.4 Å². The van der Waals surface area contributed by atoms with Crippen LogP contribution >= 0.6 is 11.6 Å². The van der Waals surface area contributed by atoms with Gasteiger partial charge in [-0.2, -0.15) is 0 Å². The number of alkyl halides is 2. The Balaban J connectivity index is 0.000000673. The number of allylic oxidation sites excluding steroid dienone is 1. The lowest BCUT2D eigenvalue weighted by molar-refractivity contribution is 0.0975. The highest BCUT2D eigenvalue weighted by atomic mass is 35.5. The van der Waals surface area contributed by atoms with Gasteiger partial charge >= 0.3 is 0 Å². The molecule has 1 aromatic carbocycles. The Hall–Kier alpha value is -1.15. The van der Waals surface area contributed by atoms with E-state index in [9.17, 15) is 9.18 Å². The third kappa shape index (κ3) is 7.18. The molecule has 0 bridgehead atoms. The molecule has 1 atom stereocenters. The average Bonchev–Trinajstić information content (AvgIpc) is 2.28. The van der Waals surface area contributed by atoms with Gasteiger partial charge in [-0.1, -0.05) is 48.0 Å². The first-order valence-electron chi connectivity index (χ1n) is 5.05. The molecule has 0 aromatic heterocycles. The van der Waals surface area contributed by atoms with Gasteiger partial charge in [0.15, 0.2) is 11.4 Å². The minimum atomic E-state index is -1.42. The first kappa shape index (κ1) is 14.8. The molecule has 16 heavy (non-hydrogen) atoms.